The molecule has 1 atom stereocenters. The number of nitrogens with zero attached hydrogens (tertiary/aromatic N) is 3. The van der Waals surface area contributed by atoms with Gasteiger partial charge in [0.25, 0.3) is 0 Å². The van der Waals surface area contributed by atoms with E-state index in [-0.39, 0.29) is 5.54 Å². The van der Waals surface area contributed by atoms with Crippen molar-refractivity contribution in [2.24, 2.45) is 0 Å². The number of aliphatic hydroxyl groups excluding tert-OH is 1. The van der Waals surface area contributed by atoms with Crippen molar-refractivity contribution in [2.45, 2.75) is 57.2 Å². The lowest BCUT2D eigenvalue weighted by atomic mass is 9.86. The van der Waals surface area contributed by atoms with Crippen LogP contribution in [0.1, 0.15) is 50.8 Å². The van der Waals surface area contributed by atoms with Gasteiger partial charge in [-0.3, -0.25) is 4.68 Å². The van der Waals surface area contributed by atoms with Crippen LogP contribution in [0.15, 0.2) is 6.20 Å². The van der Waals surface area contributed by atoms with Crippen molar-refractivity contribution in [1.29, 1.82) is 0 Å². The first kappa shape index (κ1) is 15.3. The fraction of sp³-hybridized carbons (Fsp3) is 0.800. The molecule has 0 radical (unpaired) electrons. The van der Waals surface area contributed by atoms with E-state index in [0.29, 0.717) is 5.75 Å². The number of aromatic nitrogens is 2. The number of methoxy groups -OCH3 is 1. The third kappa shape index (κ3) is 2.44. The number of hydrogen-bond acceptors (Lipinski definition) is 4. The van der Waals surface area contributed by atoms with Gasteiger partial charge in [-0.25, -0.2) is 0 Å². The molecule has 20 heavy (non-hydrogen) atoms. The molecule has 1 unspecified atom stereocenters. The van der Waals surface area contributed by atoms with Crippen molar-refractivity contribution in [3.05, 3.63) is 11.9 Å². The van der Waals surface area contributed by atoms with Crippen LogP contribution in [0.2, 0.25) is 0 Å². The molecule has 0 aromatic carbocycles. The first-order valence-corrected chi connectivity index (χ1v) is 7.52. The molecule has 1 fully saturated rings. The molecular weight excluding hydrogens is 254 g/mol. The fourth-order valence-electron chi connectivity index (χ4n) is 3.41. The van der Waals surface area contributed by atoms with E-state index < -0.39 is 6.10 Å². The lowest BCUT2D eigenvalue weighted by molar-refractivity contribution is -0.0112. The summed E-state index contributed by atoms with van der Waals surface area (Å²) in [5, 5.41) is 15.4. The third-order valence-corrected chi connectivity index (χ3v) is 4.63. The number of rotatable bonds is 6. The average molecular weight is 281 g/mol. The molecule has 5 heteroatoms. The zero-order valence-corrected chi connectivity index (χ0v) is 13.1. The van der Waals surface area contributed by atoms with Crippen LogP contribution >= 0.6 is 0 Å². The summed E-state index contributed by atoms with van der Waals surface area (Å²) in [4.78, 5) is 2.17. The van der Waals surface area contributed by atoms with Gasteiger partial charge in [0.1, 0.15) is 11.8 Å². The monoisotopic (exact) mass is 281 g/mol. The summed E-state index contributed by atoms with van der Waals surface area (Å²) in [5.41, 5.74) is 0.628. The third-order valence-electron chi connectivity index (χ3n) is 4.63. The van der Waals surface area contributed by atoms with Gasteiger partial charge in [-0.1, -0.05) is 19.8 Å². The molecule has 1 aliphatic carbocycles. The number of ether oxygens (including phenoxy) is 1. The van der Waals surface area contributed by atoms with Crippen molar-refractivity contribution in [3.8, 4) is 5.75 Å². The van der Waals surface area contributed by atoms with Crippen molar-refractivity contribution in [3.63, 3.8) is 0 Å². The second-order valence-corrected chi connectivity index (χ2v) is 5.93. The zero-order chi connectivity index (χ0) is 14.8. The van der Waals surface area contributed by atoms with E-state index in [1.54, 1.807) is 13.3 Å². The lowest BCUT2D eigenvalue weighted by Crippen LogP contribution is -2.47. The first-order chi connectivity index (χ1) is 9.56. The first-order valence-electron chi connectivity index (χ1n) is 7.52. The number of aliphatic hydroxyl groups is 1. The summed E-state index contributed by atoms with van der Waals surface area (Å²) in [5.74, 6) is 0.694. The second kappa shape index (κ2) is 6.14. The zero-order valence-electron chi connectivity index (χ0n) is 13.1. The number of aryl methyl sites for hydroxylation is 1. The second-order valence-electron chi connectivity index (χ2n) is 5.93. The van der Waals surface area contributed by atoms with Gasteiger partial charge in [0.05, 0.1) is 18.8 Å². The van der Waals surface area contributed by atoms with E-state index in [1.165, 1.54) is 12.8 Å². The quantitative estimate of drug-likeness (QED) is 0.868. The van der Waals surface area contributed by atoms with Gasteiger partial charge in [-0.05, 0) is 33.4 Å². The lowest BCUT2D eigenvalue weighted by Gasteiger charge is -2.40. The highest BCUT2D eigenvalue weighted by Gasteiger charge is 2.45. The Hall–Kier alpha value is -1.07. The Bertz CT molecular complexity index is 436. The Balaban J connectivity index is 2.40. The van der Waals surface area contributed by atoms with Gasteiger partial charge in [0.2, 0.25) is 0 Å². The summed E-state index contributed by atoms with van der Waals surface area (Å²) in [6.45, 7) is 2.92. The van der Waals surface area contributed by atoms with Crippen LogP contribution in [0.3, 0.4) is 0 Å². The minimum Gasteiger partial charge on any atom is -0.493 e. The van der Waals surface area contributed by atoms with E-state index >= 15 is 0 Å². The van der Waals surface area contributed by atoms with E-state index in [4.69, 9.17) is 4.74 Å². The Labute approximate surface area is 121 Å². The Kier molecular flexibility index (Phi) is 4.70. The van der Waals surface area contributed by atoms with Gasteiger partial charge in [0.15, 0.2) is 5.75 Å². The summed E-state index contributed by atoms with van der Waals surface area (Å²) < 4.78 is 7.31. The van der Waals surface area contributed by atoms with Crippen molar-refractivity contribution < 1.29 is 9.84 Å². The molecule has 114 valence electrons. The normalized spacial score (nSPS) is 19.5. The highest BCUT2D eigenvalue weighted by atomic mass is 16.5. The van der Waals surface area contributed by atoms with Crippen LogP contribution in [0.25, 0.3) is 0 Å². The van der Waals surface area contributed by atoms with E-state index in [9.17, 15) is 5.11 Å². The molecule has 5 nitrogen and oxygen atoms in total. The predicted octanol–water partition coefficient (Wildman–Crippen LogP) is 2.21. The van der Waals surface area contributed by atoms with Crippen molar-refractivity contribution in [2.75, 3.05) is 21.2 Å². The minimum atomic E-state index is -0.566. The van der Waals surface area contributed by atoms with Crippen LogP contribution in [0, 0.1) is 0 Å². The predicted molar refractivity (Wildman–Crippen MR) is 78.9 cm³/mol. The molecule has 0 spiro atoms. The molecule has 1 aliphatic rings. The topological polar surface area (TPSA) is 50.5 Å². The highest BCUT2D eigenvalue weighted by molar-refractivity contribution is 5.30. The van der Waals surface area contributed by atoms with Gasteiger partial charge in [-0.15, -0.1) is 0 Å². The van der Waals surface area contributed by atoms with Gasteiger partial charge >= 0.3 is 0 Å². The SMILES string of the molecule is CCCn1ncc(OC)c1C(O)C1(N(C)C)CCCC1. The summed E-state index contributed by atoms with van der Waals surface area (Å²) in [6, 6.07) is 0. The Morgan fingerprint density at radius 1 is 1.45 bits per heavy atom. The highest BCUT2D eigenvalue weighted by Crippen LogP contribution is 2.45. The van der Waals surface area contributed by atoms with Crippen molar-refractivity contribution in [1.82, 2.24) is 14.7 Å². The number of hydrogen-bond donors (Lipinski definition) is 1. The summed E-state index contributed by atoms with van der Waals surface area (Å²) in [6.07, 6.45) is 6.50. The number of likely N-dealkylation sites (N-methyl/N-ethyl adjacent to an activating group) is 1. The maximum absolute atomic E-state index is 11.1. The molecule has 1 saturated carbocycles. The molecule has 1 heterocycles. The minimum absolute atomic E-state index is 0.196. The summed E-state index contributed by atoms with van der Waals surface area (Å²) in [7, 11) is 5.75. The maximum Gasteiger partial charge on any atom is 0.162 e. The largest absolute Gasteiger partial charge is 0.493 e. The van der Waals surface area contributed by atoms with E-state index in [1.807, 2.05) is 4.68 Å². The molecule has 0 bridgehead atoms. The van der Waals surface area contributed by atoms with Gasteiger partial charge in [-0.2, -0.15) is 5.10 Å². The Morgan fingerprint density at radius 2 is 2.10 bits per heavy atom. The molecule has 1 aromatic heterocycles. The smallest absolute Gasteiger partial charge is 0.162 e. The van der Waals surface area contributed by atoms with Crippen LogP contribution < -0.4 is 4.74 Å². The van der Waals surface area contributed by atoms with Gasteiger partial charge in [0, 0.05) is 6.54 Å². The molecule has 2 rings (SSSR count). The fourth-order valence-corrected chi connectivity index (χ4v) is 3.41. The summed E-state index contributed by atoms with van der Waals surface area (Å²) >= 11 is 0. The Morgan fingerprint density at radius 3 is 2.60 bits per heavy atom. The molecule has 0 saturated heterocycles. The van der Waals surface area contributed by atoms with Gasteiger partial charge < -0.3 is 14.7 Å². The van der Waals surface area contributed by atoms with Crippen LogP contribution in [0.5, 0.6) is 5.75 Å². The maximum atomic E-state index is 11.1. The molecule has 1 aromatic rings. The average Bonchev–Trinajstić information content (AvgIpc) is 3.05. The van der Waals surface area contributed by atoms with Crippen LogP contribution in [-0.2, 0) is 6.54 Å². The van der Waals surface area contributed by atoms with Crippen LogP contribution in [-0.4, -0.2) is 46.5 Å². The van der Waals surface area contributed by atoms with Crippen LogP contribution in [0.4, 0.5) is 0 Å². The molecule has 0 aliphatic heterocycles. The van der Waals surface area contributed by atoms with E-state index in [2.05, 4.69) is 31.0 Å². The molecular formula is C15H27N3O2. The molecule has 0 amide bonds. The van der Waals surface area contributed by atoms with E-state index in [0.717, 1.165) is 31.5 Å². The molecule has 1 N–H and O–H groups in total. The standard InChI is InChI=1S/C15H27N3O2/c1-5-10-18-13(12(20-4)11-16-18)14(19)15(17(2)3)8-6-7-9-15/h11,14,19H,5-10H2,1-4H3. The van der Waals surface area contributed by atoms with Crippen molar-refractivity contribution >= 4 is 0 Å².